The highest BCUT2D eigenvalue weighted by atomic mass is 16.7. The molecule has 0 spiro atoms. The first-order valence-corrected chi connectivity index (χ1v) is 10.7. The maximum atomic E-state index is 12.9. The number of carbonyl (C=O) groups is 1. The molecule has 3 aliphatic rings. The van der Waals surface area contributed by atoms with Crippen molar-refractivity contribution in [3.63, 3.8) is 0 Å². The molecule has 3 heterocycles. The van der Waals surface area contributed by atoms with Crippen LogP contribution in [0.3, 0.4) is 0 Å². The molecule has 3 aromatic rings. The summed E-state index contributed by atoms with van der Waals surface area (Å²) in [5.74, 6) is 2.71. The Morgan fingerprint density at radius 1 is 1.03 bits per heavy atom. The summed E-state index contributed by atoms with van der Waals surface area (Å²) in [7, 11) is 5.35. The highest BCUT2D eigenvalue weighted by Crippen LogP contribution is 2.55. The fourth-order valence-corrected chi connectivity index (χ4v) is 5.49. The molecule has 0 saturated carbocycles. The number of nitrogens with zero attached hydrogens (tertiary/aromatic N) is 1. The van der Waals surface area contributed by atoms with Gasteiger partial charge in [-0.15, -0.1) is 0 Å². The van der Waals surface area contributed by atoms with Gasteiger partial charge in [-0.2, -0.15) is 0 Å². The molecule has 0 aliphatic carbocycles. The predicted molar refractivity (Wildman–Crippen MR) is 121 cm³/mol. The minimum Gasteiger partial charge on any atom is -0.493 e. The molecule has 0 aromatic heterocycles. The lowest BCUT2D eigenvalue weighted by Crippen LogP contribution is -2.37. The predicted octanol–water partition coefficient (Wildman–Crippen LogP) is 3.88. The number of rotatable bonds is 3. The zero-order valence-corrected chi connectivity index (χ0v) is 18.2. The highest BCUT2D eigenvalue weighted by molar-refractivity contribution is 6.06. The minimum absolute atomic E-state index is 0.0685. The van der Waals surface area contributed by atoms with Crippen LogP contribution in [0, 0.1) is 5.92 Å². The van der Waals surface area contributed by atoms with Crippen molar-refractivity contribution in [2.75, 3.05) is 39.5 Å². The van der Waals surface area contributed by atoms with Crippen molar-refractivity contribution in [3.05, 3.63) is 42.0 Å². The largest absolute Gasteiger partial charge is 0.493 e. The fraction of sp³-hybridized carbons (Fsp3) is 0.320. The Bertz CT molecular complexity index is 1270. The summed E-state index contributed by atoms with van der Waals surface area (Å²) in [6.07, 6.45) is 0.764. The van der Waals surface area contributed by atoms with Gasteiger partial charge < -0.3 is 29.2 Å². The molecule has 1 N–H and O–H groups in total. The fourth-order valence-electron chi connectivity index (χ4n) is 5.49. The summed E-state index contributed by atoms with van der Waals surface area (Å²) >= 11 is 0. The van der Waals surface area contributed by atoms with E-state index >= 15 is 0 Å². The molecule has 2 atom stereocenters. The topological polar surface area (TPSA) is 69.3 Å². The van der Waals surface area contributed by atoms with Crippen LogP contribution in [0.15, 0.2) is 36.4 Å². The summed E-state index contributed by atoms with van der Waals surface area (Å²) < 4.78 is 22.7. The quantitative estimate of drug-likeness (QED) is 0.678. The van der Waals surface area contributed by atoms with Crippen molar-refractivity contribution < 1.29 is 23.7 Å². The first-order chi connectivity index (χ1) is 15.6. The minimum atomic E-state index is -0.197. The van der Waals surface area contributed by atoms with E-state index in [1.165, 1.54) is 0 Å². The van der Waals surface area contributed by atoms with Crippen LogP contribution < -0.4 is 29.2 Å². The lowest BCUT2D eigenvalue weighted by atomic mass is 9.80. The smallest absolute Gasteiger partial charge is 0.231 e. The van der Waals surface area contributed by atoms with E-state index < -0.39 is 0 Å². The van der Waals surface area contributed by atoms with Gasteiger partial charge in [0.25, 0.3) is 0 Å². The Morgan fingerprint density at radius 3 is 2.53 bits per heavy atom. The molecular weight excluding hydrogens is 408 g/mol. The second-order valence-electron chi connectivity index (χ2n) is 8.39. The van der Waals surface area contributed by atoms with E-state index in [0.29, 0.717) is 18.0 Å². The average molecular weight is 432 g/mol. The second kappa shape index (κ2) is 6.95. The third-order valence-electron chi connectivity index (χ3n) is 6.90. The third-order valence-corrected chi connectivity index (χ3v) is 6.90. The molecule has 3 aliphatic heterocycles. The van der Waals surface area contributed by atoms with E-state index in [2.05, 4.69) is 35.5 Å². The second-order valence-corrected chi connectivity index (χ2v) is 8.39. The Labute approximate surface area is 185 Å². The monoisotopic (exact) mass is 432 g/mol. The van der Waals surface area contributed by atoms with E-state index in [9.17, 15) is 4.79 Å². The van der Waals surface area contributed by atoms with Crippen LogP contribution in [0.2, 0.25) is 0 Å². The number of carbonyl (C=O) groups excluding carboxylic acids is 1. The molecule has 1 saturated heterocycles. The van der Waals surface area contributed by atoms with E-state index in [1.807, 2.05) is 18.2 Å². The Balaban J connectivity index is 1.67. The molecule has 7 heteroatoms. The first kappa shape index (κ1) is 19.1. The van der Waals surface area contributed by atoms with Crippen molar-refractivity contribution in [1.82, 2.24) is 5.32 Å². The number of benzene rings is 3. The van der Waals surface area contributed by atoms with Crippen LogP contribution in [0.1, 0.15) is 18.0 Å². The van der Waals surface area contributed by atoms with Crippen LogP contribution in [-0.4, -0.2) is 40.5 Å². The molecule has 0 bridgehead atoms. The molecule has 32 heavy (non-hydrogen) atoms. The summed E-state index contributed by atoms with van der Waals surface area (Å²) in [5, 5.41) is 5.14. The maximum absolute atomic E-state index is 12.9. The zero-order valence-electron chi connectivity index (χ0n) is 18.2. The van der Waals surface area contributed by atoms with Gasteiger partial charge in [0.15, 0.2) is 23.0 Å². The number of hydrogen-bond acceptors (Lipinski definition) is 6. The van der Waals surface area contributed by atoms with Gasteiger partial charge in [-0.3, -0.25) is 4.79 Å². The third kappa shape index (κ3) is 2.51. The van der Waals surface area contributed by atoms with Crippen LogP contribution in [0.4, 0.5) is 5.69 Å². The summed E-state index contributed by atoms with van der Waals surface area (Å²) in [4.78, 5) is 15.1. The van der Waals surface area contributed by atoms with Crippen molar-refractivity contribution in [1.29, 1.82) is 0 Å². The van der Waals surface area contributed by atoms with Gasteiger partial charge in [-0.05, 0) is 41.6 Å². The molecule has 1 amide bonds. The number of methoxy groups -OCH3 is 2. The van der Waals surface area contributed by atoms with E-state index in [0.717, 1.165) is 51.1 Å². The molecule has 0 radical (unpaired) electrons. The molecule has 6 rings (SSSR count). The van der Waals surface area contributed by atoms with Gasteiger partial charge >= 0.3 is 0 Å². The normalized spacial score (nSPS) is 20.7. The summed E-state index contributed by atoms with van der Waals surface area (Å²) in [6.45, 7) is 0.908. The number of ether oxygens (including phenoxy) is 4. The van der Waals surface area contributed by atoms with Crippen LogP contribution in [-0.2, 0) is 4.79 Å². The Hall–Kier alpha value is -3.61. The number of hydrogen-bond donors (Lipinski definition) is 1. The van der Waals surface area contributed by atoms with Gasteiger partial charge in [0, 0.05) is 30.1 Å². The van der Waals surface area contributed by atoms with Crippen molar-refractivity contribution >= 4 is 22.4 Å². The molecule has 1 fully saturated rings. The SMILES string of the molecule is COc1ccc2c(c1OC)C(C1CCNC1=O)N(C)c1c-2ccc2cc3c(cc12)OCO3. The number of anilines is 1. The van der Waals surface area contributed by atoms with Gasteiger partial charge in [0.1, 0.15) is 0 Å². The molecular formula is C25H24N2O5. The molecule has 2 unspecified atom stereocenters. The summed E-state index contributed by atoms with van der Waals surface area (Å²) in [5.41, 5.74) is 4.21. The van der Waals surface area contributed by atoms with Crippen LogP contribution in [0.25, 0.3) is 21.9 Å². The molecule has 7 nitrogen and oxygen atoms in total. The maximum Gasteiger partial charge on any atom is 0.231 e. The van der Waals surface area contributed by atoms with Crippen molar-refractivity contribution in [3.8, 4) is 34.1 Å². The molecule has 164 valence electrons. The van der Waals surface area contributed by atoms with Gasteiger partial charge in [-0.1, -0.05) is 12.1 Å². The van der Waals surface area contributed by atoms with Crippen LogP contribution >= 0.6 is 0 Å². The van der Waals surface area contributed by atoms with Gasteiger partial charge in [0.05, 0.1) is 31.9 Å². The van der Waals surface area contributed by atoms with Gasteiger partial charge in [0.2, 0.25) is 12.7 Å². The van der Waals surface area contributed by atoms with E-state index in [4.69, 9.17) is 18.9 Å². The van der Waals surface area contributed by atoms with Crippen molar-refractivity contribution in [2.45, 2.75) is 12.5 Å². The average Bonchev–Trinajstić information content (AvgIpc) is 3.44. The summed E-state index contributed by atoms with van der Waals surface area (Å²) in [6, 6.07) is 12.1. The van der Waals surface area contributed by atoms with Gasteiger partial charge in [-0.25, -0.2) is 0 Å². The number of amides is 1. The van der Waals surface area contributed by atoms with E-state index in [1.54, 1.807) is 14.2 Å². The Kier molecular flexibility index (Phi) is 4.15. The Morgan fingerprint density at radius 2 is 1.81 bits per heavy atom. The van der Waals surface area contributed by atoms with E-state index in [-0.39, 0.29) is 24.7 Å². The molecule has 3 aromatic carbocycles. The lowest BCUT2D eigenvalue weighted by Gasteiger charge is -2.41. The standard InChI is InChI=1S/C25H24N2O5/c1-27-22-15(5-4-13-10-19-20(11-17(13)22)32-12-31-19)14-6-7-18(29-2)24(30-3)21(14)23(27)16-8-9-26-25(16)28/h4-7,10-11,16,23H,8-9,12H2,1-3H3,(H,26,28). The number of fused-ring (bicyclic) bond motifs is 6. The number of nitrogens with one attached hydrogen (secondary N) is 1. The first-order valence-electron chi connectivity index (χ1n) is 10.7. The van der Waals surface area contributed by atoms with Crippen LogP contribution in [0.5, 0.6) is 23.0 Å². The zero-order chi connectivity index (χ0) is 22.0. The highest BCUT2D eigenvalue weighted by Gasteiger charge is 2.43. The van der Waals surface area contributed by atoms with Crippen molar-refractivity contribution in [2.24, 2.45) is 5.92 Å². The lowest BCUT2D eigenvalue weighted by molar-refractivity contribution is -0.123.